The van der Waals surface area contributed by atoms with Gasteiger partial charge in [0.2, 0.25) is 0 Å². The molecule has 3 rings (SSSR count). The fourth-order valence-corrected chi connectivity index (χ4v) is 2.97. The lowest BCUT2D eigenvalue weighted by Crippen LogP contribution is -2.32. The zero-order valence-electron chi connectivity index (χ0n) is 11.4. The van der Waals surface area contributed by atoms with Gasteiger partial charge in [0.05, 0.1) is 5.60 Å². The first-order chi connectivity index (χ1) is 9.69. The Kier molecular flexibility index (Phi) is 3.41. The summed E-state index contributed by atoms with van der Waals surface area (Å²) in [5.74, 6) is 0.256. The van der Waals surface area contributed by atoms with Crippen molar-refractivity contribution in [3.05, 3.63) is 60.2 Å². The Labute approximate surface area is 119 Å². The Balaban J connectivity index is 2.04. The molecule has 2 aromatic carbocycles. The van der Waals surface area contributed by atoms with Crippen LogP contribution in [0.4, 0.5) is 0 Å². The maximum atomic E-state index is 11.4. The van der Waals surface area contributed by atoms with Gasteiger partial charge in [0.15, 0.2) is 0 Å². The summed E-state index contributed by atoms with van der Waals surface area (Å²) in [6.07, 6.45) is 1.99. The molecule has 0 aromatic heterocycles. The Morgan fingerprint density at radius 3 is 2.15 bits per heavy atom. The summed E-state index contributed by atoms with van der Waals surface area (Å²) in [6, 6.07) is 18.1. The van der Waals surface area contributed by atoms with Crippen LogP contribution in [0.5, 0.6) is 0 Å². The molecule has 0 spiro atoms. The number of ketones is 1. The fourth-order valence-electron chi connectivity index (χ4n) is 2.97. The van der Waals surface area contributed by atoms with Gasteiger partial charge in [-0.05, 0) is 29.5 Å². The molecule has 102 valence electrons. The second kappa shape index (κ2) is 5.22. The predicted octanol–water partition coefficient (Wildman–Crippen LogP) is 3.68. The Bertz CT molecular complexity index is 606. The highest BCUT2D eigenvalue weighted by molar-refractivity contribution is 5.80. The zero-order valence-corrected chi connectivity index (χ0v) is 11.4. The van der Waals surface area contributed by atoms with Gasteiger partial charge in [0.25, 0.3) is 0 Å². The van der Waals surface area contributed by atoms with E-state index in [1.54, 1.807) is 0 Å². The molecule has 1 aliphatic carbocycles. The molecular weight excluding hydrogens is 248 g/mol. The number of carbonyl (C=O) groups excluding carboxylic acids is 1. The predicted molar refractivity (Wildman–Crippen MR) is 79.2 cm³/mol. The highest BCUT2D eigenvalue weighted by Gasteiger charge is 2.35. The topological polar surface area (TPSA) is 37.3 Å². The van der Waals surface area contributed by atoms with Crippen molar-refractivity contribution in [3.63, 3.8) is 0 Å². The van der Waals surface area contributed by atoms with Crippen LogP contribution in [0.3, 0.4) is 0 Å². The first-order valence-electron chi connectivity index (χ1n) is 7.08. The van der Waals surface area contributed by atoms with E-state index in [-0.39, 0.29) is 5.78 Å². The van der Waals surface area contributed by atoms with Crippen LogP contribution in [-0.2, 0) is 10.4 Å². The van der Waals surface area contributed by atoms with E-state index >= 15 is 0 Å². The molecule has 1 N–H and O–H groups in total. The maximum Gasteiger partial charge on any atom is 0.133 e. The minimum absolute atomic E-state index is 0.256. The lowest BCUT2D eigenvalue weighted by molar-refractivity contribution is -0.125. The largest absolute Gasteiger partial charge is 0.385 e. The number of rotatable bonds is 2. The van der Waals surface area contributed by atoms with Crippen LogP contribution in [0.1, 0.15) is 31.2 Å². The van der Waals surface area contributed by atoms with Crippen LogP contribution in [0.25, 0.3) is 11.1 Å². The van der Waals surface area contributed by atoms with E-state index in [0.29, 0.717) is 25.7 Å². The van der Waals surface area contributed by atoms with E-state index < -0.39 is 5.60 Å². The normalized spacial score (nSPS) is 17.9. The molecule has 0 amide bonds. The molecule has 0 saturated heterocycles. The molecule has 0 aliphatic heterocycles. The molecule has 2 nitrogen and oxygen atoms in total. The number of hydrogen-bond donors (Lipinski definition) is 1. The summed E-state index contributed by atoms with van der Waals surface area (Å²) in [7, 11) is 0. The van der Waals surface area contributed by atoms with Gasteiger partial charge in [0.1, 0.15) is 5.78 Å². The minimum Gasteiger partial charge on any atom is -0.385 e. The van der Waals surface area contributed by atoms with Crippen LogP contribution in [0, 0.1) is 0 Å². The average Bonchev–Trinajstić information content (AvgIpc) is 2.51. The van der Waals surface area contributed by atoms with Gasteiger partial charge in [-0.2, -0.15) is 0 Å². The minimum atomic E-state index is -0.875. The fraction of sp³-hybridized carbons (Fsp3) is 0.278. The second-order valence-corrected chi connectivity index (χ2v) is 5.48. The third kappa shape index (κ3) is 2.39. The van der Waals surface area contributed by atoms with E-state index in [9.17, 15) is 9.90 Å². The molecular formula is C18H18O2. The van der Waals surface area contributed by atoms with E-state index in [1.807, 2.05) is 42.5 Å². The lowest BCUT2D eigenvalue weighted by Gasteiger charge is -2.33. The molecule has 0 heterocycles. The number of carbonyl (C=O) groups is 1. The smallest absolute Gasteiger partial charge is 0.133 e. The number of hydrogen-bond acceptors (Lipinski definition) is 2. The van der Waals surface area contributed by atoms with Crippen molar-refractivity contribution in [3.8, 4) is 11.1 Å². The SMILES string of the molecule is O=C1CCC(O)(c2ccccc2-c2ccccc2)CC1. The van der Waals surface area contributed by atoms with Gasteiger partial charge in [-0.25, -0.2) is 0 Å². The van der Waals surface area contributed by atoms with E-state index in [4.69, 9.17) is 0 Å². The van der Waals surface area contributed by atoms with Gasteiger partial charge in [-0.1, -0.05) is 54.6 Å². The summed E-state index contributed by atoms with van der Waals surface area (Å²) in [5.41, 5.74) is 2.23. The molecule has 2 aromatic rings. The first-order valence-corrected chi connectivity index (χ1v) is 7.08. The van der Waals surface area contributed by atoms with Crippen molar-refractivity contribution >= 4 is 5.78 Å². The summed E-state index contributed by atoms with van der Waals surface area (Å²) in [5, 5.41) is 11.0. The molecule has 0 bridgehead atoms. The number of aliphatic hydroxyl groups is 1. The molecule has 1 aliphatic rings. The lowest BCUT2D eigenvalue weighted by atomic mass is 9.76. The third-order valence-electron chi connectivity index (χ3n) is 4.15. The van der Waals surface area contributed by atoms with Crippen LogP contribution >= 0.6 is 0 Å². The summed E-state index contributed by atoms with van der Waals surface area (Å²) in [4.78, 5) is 11.4. The van der Waals surface area contributed by atoms with Gasteiger partial charge in [0, 0.05) is 12.8 Å². The standard InChI is InChI=1S/C18H18O2/c19-15-10-12-18(20,13-11-15)17-9-5-4-8-16(17)14-6-2-1-3-7-14/h1-9,20H,10-13H2. The number of benzene rings is 2. The molecule has 0 radical (unpaired) electrons. The Morgan fingerprint density at radius 1 is 0.850 bits per heavy atom. The molecule has 1 fully saturated rings. The van der Waals surface area contributed by atoms with Crippen molar-refractivity contribution < 1.29 is 9.90 Å². The second-order valence-electron chi connectivity index (χ2n) is 5.48. The van der Waals surface area contributed by atoms with Crippen molar-refractivity contribution in [1.29, 1.82) is 0 Å². The quantitative estimate of drug-likeness (QED) is 0.900. The highest BCUT2D eigenvalue weighted by atomic mass is 16.3. The van der Waals surface area contributed by atoms with Gasteiger partial charge in [-0.3, -0.25) is 4.79 Å². The molecule has 2 heteroatoms. The van der Waals surface area contributed by atoms with Crippen molar-refractivity contribution in [2.24, 2.45) is 0 Å². The summed E-state index contributed by atoms with van der Waals surface area (Å²) < 4.78 is 0. The molecule has 0 unspecified atom stereocenters. The van der Waals surface area contributed by atoms with E-state index in [2.05, 4.69) is 12.1 Å². The highest BCUT2D eigenvalue weighted by Crippen LogP contribution is 2.40. The Morgan fingerprint density at radius 2 is 1.45 bits per heavy atom. The third-order valence-corrected chi connectivity index (χ3v) is 4.15. The first kappa shape index (κ1) is 13.1. The van der Waals surface area contributed by atoms with Crippen LogP contribution in [0.2, 0.25) is 0 Å². The van der Waals surface area contributed by atoms with Crippen LogP contribution in [0.15, 0.2) is 54.6 Å². The molecule has 1 saturated carbocycles. The van der Waals surface area contributed by atoms with E-state index in [1.165, 1.54) is 0 Å². The van der Waals surface area contributed by atoms with Gasteiger partial charge < -0.3 is 5.11 Å². The Hall–Kier alpha value is -1.93. The molecule has 20 heavy (non-hydrogen) atoms. The van der Waals surface area contributed by atoms with Crippen LogP contribution in [-0.4, -0.2) is 10.9 Å². The van der Waals surface area contributed by atoms with Crippen molar-refractivity contribution in [2.75, 3.05) is 0 Å². The van der Waals surface area contributed by atoms with E-state index in [0.717, 1.165) is 16.7 Å². The van der Waals surface area contributed by atoms with Crippen LogP contribution < -0.4 is 0 Å². The summed E-state index contributed by atoms with van der Waals surface area (Å²) >= 11 is 0. The maximum absolute atomic E-state index is 11.4. The monoisotopic (exact) mass is 266 g/mol. The summed E-state index contributed by atoms with van der Waals surface area (Å²) in [6.45, 7) is 0. The van der Waals surface area contributed by atoms with Gasteiger partial charge >= 0.3 is 0 Å². The van der Waals surface area contributed by atoms with Crippen molar-refractivity contribution in [2.45, 2.75) is 31.3 Å². The number of Topliss-reactive ketones (excluding diaryl/α,β-unsaturated/α-hetero) is 1. The van der Waals surface area contributed by atoms with Gasteiger partial charge in [-0.15, -0.1) is 0 Å². The zero-order chi connectivity index (χ0) is 14.0. The van der Waals surface area contributed by atoms with Crippen molar-refractivity contribution in [1.82, 2.24) is 0 Å². The average molecular weight is 266 g/mol. The molecule has 0 atom stereocenters.